The lowest BCUT2D eigenvalue weighted by atomic mass is 10.1. The van der Waals surface area contributed by atoms with E-state index in [1.165, 1.54) is 6.20 Å². The zero-order chi connectivity index (χ0) is 15.0. The highest BCUT2D eigenvalue weighted by atomic mass is 16.2. The summed E-state index contributed by atoms with van der Waals surface area (Å²) in [6.45, 7) is -0.478. The van der Waals surface area contributed by atoms with Crippen LogP contribution in [0.4, 0.5) is 0 Å². The summed E-state index contributed by atoms with van der Waals surface area (Å²) in [6.07, 6.45) is 1.31. The number of carbonyl (C=O) groups is 3. The van der Waals surface area contributed by atoms with Gasteiger partial charge in [0.1, 0.15) is 18.7 Å². The predicted molar refractivity (Wildman–Crippen MR) is 73.6 cm³/mol. The number of carbonyl (C=O) groups excluding carboxylic acids is 3. The number of rotatable bonds is 1. The fourth-order valence-corrected chi connectivity index (χ4v) is 2.28. The Kier molecular flexibility index (Phi) is 3.02. The van der Waals surface area contributed by atoms with Gasteiger partial charge in [-0.3, -0.25) is 24.5 Å². The summed E-state index contributed by atoms with van der Waals surface area (Å²) in [5.74, 6) is -1.75. The minimum absolute atomic E-state index is 0.0869. The molecule has 2 heterocycles. The molecule has 0 atom stereocenters. The summed E-state index contributed by atoms with van der Waals surface area (Å²) in [5.41, 5.74) is 0.107. The van der Waals surface area contributed by atoms with Gasteiger partial charge in [-0.15, -0.1) is 0 Å². The van der Waals surface area contributed by atoms with Crippen LogP contribution < -0.4 is 10.7 Å². The van der Waals surface area contributed by atoms with Crippen LogP contribution in [-0.2, 0) is 9.59 Å². The van der Waals surface area contributed by atoms with Crippen molar-refractivity contribution in [3.63, 3.8) is 0 Å². The van der Waals surface area contributed by atoms with Gasteiger partial charge in [-0.1, -0.05) is 12.1 Å². The first kappa shape index (κ1) is 13.0. The van der Waals surface area contributed by atoms with Crippen LogP contribution >= 0.6 is 0 Å². The van der Waals surface area contributed by atoms with E-state index in [4.69, 9.17) is 0 Å². The second-order valence-electron chi connectivity index (χ2n) is 4.71. The summed E-state index contributed by atoms with van der Waals surface area (Å²) >= 11 is 0. The zero-order valence-corrected chi connectivity index (χ0v) is 10.9. The molecule has 1 aromatic heterocycles. The van der Waals surface area contributed by atoms with Crippen LogP contribution in [0, 0.1) is 0 Å². The van der Waals surface area contributed by atoms with Gasteiger partial charge >= 0.3 is 0 Å². The number of benzene rings is 1. The molecule has 0 aliphatic carbocycles. The van der Waals surface area contributed by atoms with Gasteiger partial charge in [0.2, 0.25) is 17.2 Å². The van der Waals surface area contributed by atoms with E-state index >= 15 is 0 Å². The van der Waals surface area contributed by atoms with Crippen molar-refractivity contribution in [1.29, 1.82) is 0 Å². The maximum atomic E-state index is 12.3. The molecule has 7 heteroatoms. The Morgan fingerprint density at radius 2 is 1.71 bits per heavy atom. The van der Waals surface area contributed by atoms with Crippen molar-refractivity contribution >= 4 is 28.6 Å². The number of aromatic nitrogens is 1. The molecule has 1 aliphatic rings. The Hall–Kier alpha value is -2.96. The molecule has 3 amide bonds. The Morgan fingerprint density at radius 3 is 2.43 bits per heavy atom. The van der Waals surface area contributed by atoms with Gasteiger partial charge in [0.15, 0.2) is 0 Å². The van der Waals surface area contributed by atoms with Crippen LogP contribution in [0.3, 0.4) is 0 Å². The van der Waals surface area contributed by atoms with Crippen LogP contribution in [0.1, 0.15) is 10.4 Å². The minimum Gasteiger partial charge on any atom is -0.360 e. The van der Waals surface area contributed by atoms with Crippen molar-refractivity contribution in [2.24, 2.45) is 0 Å². The normalized spacial score (nSPS) is 15.1. The van der Waals surface area contributed by atoms with Crippen LogP contribution in [0.25, 0.3) is 10.9 Å². The SMILES string of the molecule is O=C1CN(C(=O)c2c[nH]c3ccccc3c2=O)CC(=O)N1. The third-order valence-corrected chi connectivity index (χ3v) is 3.25. The highest BCUT2D eigenvalue weighted by Gasteiger charge is 2.28. The molecule has 0 saturated carbocycles. The van der Waals surface area contributed by atoms with Crippen LogP contribution in [-0.4, -0.2) is 40.7 Å². The van der Waals surface area contributed by atoms with Crippen LogP contribution in [0.15, 0.2) is 35.3 Å². The van der Waals surface area contributed by atoms with Crippen LogP contribution in [0.2, 0.25) is 0 Å². The second-order valence-corrected chi connectivity index (χ2v) is 4.71. The number of amides is 3. The standard InChI is InChI=1S/C14H11N3O4/c18-11-6-17(7-12(19)16-11)14(21)9-5-15-10-4-2-1-3-8(10)13(9)20/h1-5H,6-7H2,(H,15,20)(H,16,18,19). The quantitative estimate of drug-likeness (QED) is 0.698. The topological polar surface area (TPSA) is 99.3 Å². The lowest BCUT2D eigenvalue weighted by Gasteiger charge is -2.25. The molecule has 1 aromatic carbocycles. The number of para-hydroxylation sites is 1. The number of imide groups is 1. The van der Waals surface area contributed by atoms with Gasteiger partial charge in [-0.25, -0.2) is 0 Å². The van der Waals surface area contributed by atoms with E-state index in [-0.39, 0.29) is 18.7 Å². The summed E-state index contributed by atoms with van der Waals surface area (Å²) in [5, 5.41) is 2.49. The van der Waals surface area contributed by atoms with E-state index in [2.05, 4.69) is 10.3 Å². The molecular weight excluding hydrogens is 274 g/mol. The van der Waals surface area contributed by atoms with Gasteiger partial charge in [0.25, 0.3) is 5.91 Å². The number of hydrogen-bond acceptors (Lipinski definition) is 4. The number of piperazine rings is 1. The summed E-state index contributed by atoms with van der Waals surface area (Å²) in [7, 11) is 0. The van der Waals surface area contributed by atoms with Crippen LogP contribution in [0.5, 0.6) is 0 Å². The van der Waals surface area contributed by atoms with Gasteiger partial charge in [-0.2, -0.15) is 0 Å². The maximum absolute atomic E-state index is 12.3. The fourth-order valence-electron chi connectivity index (χ4n) is 2.28. The number of hydrogen-bond donors (Lipinski definition) is 2. The zero-order valence-electron chi connectivity index (χ0n) is 10.9. The molecule has 1 saturated heterocycles. The smallest absolute Gasteiger partial charge is 0.260 e. The molecular formula is C14H11N3O4. The monoisotopic (exact) mass is 285 g/mol. The summed E-state index contributed by atoms with van der Waals surface area (Å²) in [4.78, 5) is 51.2. The van der Waals surface area contributed by atoms with Crippen molar-refractivity contribution in [2.75, 3.05) is 13.1 Å². The number of H-pyrrole nitrogens is 1. The Labute approximate surface area is 118 Å². The lowest BCUT2D eigenvalue weighted by Crippen LogP contribution is -2.53. The molecule has 21 heavy (non-hydrogen) atoms. The molecule has 7 nitrogen and oxygen atoms in total. The molecule has 1 fully saturated rings. The fraction of sp³-hybridized carbons (Fsp3) is 0.143. The summed E-state index contributed by atoms with van der Waals surface area (Å²) in [6, 6.07) is 6.80. The highest BCUT2D eigenvalue weighted by Crippen LogP contribution is 2.09. The Balaban J connectivity index is 2.02. The van der Waals surface area contributed by atoms with Crippen molar-refractivity contribution in [1.82, 2.24) is 15.2 Å². The third kappa shape index (κ3) is 2.29. The van der Waals surface area contributed by atoms with Crippen molar-refractivity contribution in [2.45, 2.75) is 0 Å². The maximum Gasteiger partial charge on any atom is 0.260 e. The van der Waals surface area contributed by atoms with Crippen molar-refractivity contribution in [3.05, 3.63) is 46.2 Å². The Morgan fingerprint density at radius 1 is 1.05 bits per heavy atom. The van der Waals surface area contributed by atoms with E-state index in [0.29, 0.717) is 10.9 Å². The van der Waals surface area contributed by atoms with Gasteiger partial charge < -0.3 is 9.88 Å². The summed E-state index contributed by atoms with van der Waals surface area (Å²) < 4.78 is 0. The van der Waals surface area contributed by atoms with Gasteiger partial charge in [-0.05, 0) is 12.1 Å². The number of nitrogens with zero attached hydrogens (tertiary/aromatic N) is 1. The predicted octanol–water partition coefficient (Wildman–Crippen LogP) is -0.373. The molecule has 2 aromatic rings. The van der Waals surface area contributed by atoms with Gasteiger partial charge in [0, 0.05) is 17.1 Å². The van der Waals surface area contributed by atoms with Crippen molar-refractivity contribution < 1.29 is 14.4 Å². The average Bonchev–Trinajstić information content (AvgIpc) is 2.46. The number of pyridine rings is 1. The Bertz CT molecular complexity index is 808. The first-order chi connectivity index (χ1) is 10.1. The van der Waals surface area contributed by atoms with Crippen molar-refractivity contribution in [3.8, 4) is 0 Å². The first-order valence-corrected chi connectivity index (χ1v) is 6.28. The van der Waals surface area contributed by atoms with E-state index in [9.17, 15) is 19.2 Å². The van der Waals surface area contributed by atoms with E-state index in [1.807, 2.05) is 0 Å². The number of nitrogens with one attached hydrogen (secondary N) is 2. The molecule has 106 valence electrons. The molecule has 3 rings (SSSR count). The lowest BCUT2D eigenvalue weighted by molar-refractivity contribution is -0.135. The van der Waals surface area contributed by atoms with E-state index in [1.54, 1.807) is 24.3 Å². The number of aromatic amines is 1. The number of fused-ring (bicyclic) bond motifs is 1. The molecule has 2 N–H and O–H groups in total. The first-order valence-electron chi connectivity index (χ1n) is 6.28. The largest absolute Gasteiger partial charge is 0.360 e. The molecule has 1 aliphatic heterocycles. The molecule has 0 unspecified atom stereocenters. The average molecular weight is 285 g/mol. The van der Waals surface area contributed by atoms with Gasteiger partial charge in [0.05, 0.1) is 0 Å². The molecule has 0 bridgehead atoms. The molecule has 0 radical (unpaired) electrons. The minimum atomic E-state index is -0.634. The second kappa shape index (κ2) is 4.86. The van der Waals surface area contributed by atoms with E-state index < -0.39 is 23.2 Å². The third-order valence-electron chi connectivity index (χ3n) is 3.25. The highest BCUT2D eigenvalue weighted by molar-refractivity contribution is 6.06. The molecule has 0 spiro atoms. The van der Waals surface area contributed by atoms with E-state index in [0.717, 1.165) is 4.90 Å².